The summed E-state index contributed by atoms with van der Waals surface area (Å²) in [6.45, 7) is -0.257. The van der Waals surface area contributed by atoms with Gasteiger partial charge in [-0.2, -0.15) is 5.10 Å². The predicted molar refractivity (Wildman–Crippen MR) is 131 cm³/mol. The first-order chi connectivity index (χ1) is 17.7. The van der Waals surface area contributed by atoms with Gasteiger partial charge in [0.1, 0.15) is 40.7 Å². The number of amides is 1. The van der Waals surface area contributed by atoms with Crippen LogP contribution in [0.15, 0.2) is 102 Å². The minimum absolute atomic E-state index is 0.113. The summed E-state index contributed by atoms with van der Waals surface area (Å²) in [7, 11) is 0. The number of hydrazone groups is 1. The van der Waals surface area contributed by atoms with Crippen LogP contribution in [-0.4, -0.2) is 26.2 Å². The van der Waals surface area contributed by atoms with E-state index in [1.165, 1.54) is 15.9 Å². The molecule has 1 unspecified atom stereocenters. The molecule has 9 nitrogen and oxygen atoms in total. The van der Waals surface area contributed by atoms with E-state index in [0.29, 0.717) is 34.8 Å². The van der Waals surface area contributed by atoms with Crippen molar-refractivity contribution in [1.82, 2.24) is 14.6 Å². The highest BCUT2D eigenvalue weighted by molar-refractivity contribution is 6.04. The van der Waals surface area contributed by atoms with Gasteiger partial charge in [0.15, 0.2) is 5.76 Å². The van der Waals surface area contributed by atoms with Crippen molar-refractivity contribution in [2.75, 3.05) is 0 Å². The molecule has 0 aliphatic carbocycles. The van der Waals surface area contributed by atoms with Crippen molar-refractivity contribution < 1.29 is 18.0 Å². The first-order valence-corrected chi connectivity index (χ1v) is 11.4. The number of benzene rings is 2. The Morgan fingerprint density at radius 2 is 1.83 bits per heavy atom. The Morgan fingerprint density at radius 3 is 2.67 bits per heavy atom. The third-order valence-electron chi connectivity index (χ3n) is 6.40. The normalized spacial score (nSPS) is 15.8. The molecule has 176 valence electrons. The average Bonchev–Trinajstić information content (AvgIpc) is 3.69. The molecular formula is C27H18N4O5. The summed E-state index contributed by atoms with van der Waals surface area (Å²) in [4.78, 5) is 31.0. The monoisotopic (exact) mass is 478 g/mol. The van der Waals surface area contributed by atoms with Crippen LogP contribution < -0.4 is 5.56 Å². The smallest absolute Gasteiger partial charge is 0.297 e. The van der Waals surface area contributed by atoms with Crippen molar-refractivity contribution >= 4 is 44.7 Å². The zero-order valence-electron chi connectivity index (χ0n) is 18.8. The van der Waals surface area contributed by atoms with Gasteiger partial charge >= 0.3 is 0 Å². The van der Waals surface area contributed by atoms with Gasteiger partial charge in [-0.3, -0.25) is 14.2 Å². The molecule has 6 aromatic rings. The summed E-state index contributed by atoms with van der Waals surface area (Å²) >= 11 is 0. The Labute approximate surface area is 202 Å². The van der Waals surface area contributed by atoms with Gasteiger partial charge in [0, 0.05) is 17.2 Å². The summed E-state index contributed by atoms with van der Waals surface area (Å²) in [6.07, 6.45) is 3.34. The zero-order valence-corrected chi connectivity index (χ0v) is 18.8. The van der Waals surface area contributed by atoms with Gasteiger partial charge in [-0.25, -0.2) is 9.99 Å². The van der Waals surface area contributed by atoms with Gasteiger partial charge in [-0.1, -0.05) is 30.3 Å². The van der Waals surface area contributed by atoms with Crippen molar-refractivity contribution in [2.24, 2.45) is 5.10 Å². The number of carbonyl (C=O) groups excluding carboxylic acids is 1. The molecule has 5 heterocycles. The molecule has 0 saturated carbocycles. The number of aromatic nitrogens is 2. The van der Waals surface area contributed by atoms with E-state index in [9.17, 15) is 9.59 Å². The van der Waals surface area contributed by atoms with Crippen LogP contribution in [0.2, 0.25) is 0 Å². The second kappa shape index (κ2) is 7.81. The van der Waals surface area contributed by atoms with E-state index < -0.39 is 11.6 Å². The molecule has 0 fully saturated rings. The summed E-state index contributed by atoms with van der Waals surface area (Å²) in [5, 5.41) is 7.66. The van der Waals surface area contributed by atoms with E-state index in [2.05, 4.69) is 10.1 Å². The van der Waals surface area contributed by atoms with Gasteiger partial charge in [0.2, 0.25) is 5.58 Å². The highest BCUT2D eigenvalue weighted by atomic mass is 16.3. The molecule has 1 aliphatic heterocycles. The van der Waals surface area contributed by atoms with Crippen molar-refractivity contribution in [3.63, 3.8) is 0 Å². The Morgan fingerprint density at radius 1 is 1.00 bits per heavy atom. The first-order valence-electron chi connectivity index (χ1n) is 11.4. The van der Waals surface area contributed by atoms with Crippen molar-refractivity contribution in [1.29, 1.82) is 0 Å². The summed E-state index contributed by atoms with van der Waals surface area (Å²) in [6, 6.07) is 20.0. The summed E-state index contributed by atoms with van der Waals surface area (Å²) < 4.78 is 18.6. The van der Waals surface area contributed by atoms with Crippen LogP contribution in [0.5, 0.6) is 0 Å². The lowest BCUT2D eigenvalue weighted by atomic mass is 10.1. The fourth-order valence-corrected chi connectivity index (χ4v) is 4.66. The molecule has 36 heavy (non-hydrogen) atoms. The molecule has 1 amide bonds. The van der Waals surface area contributed by atoms with Crippen LogP contribution >= 0.6 is 0 Å². The third-order valence-corrected chi connectivity index (χ3v) is 6.40. The SMILES string of the molecule is O=C(Cn1cnc2c(oc3ccccc32)c1=O)N1N=C(c2cc3ccccc3o2)CC1c1ccco1. The van der Waals surface area contributed by atoms with Gasteiger partial charge in [0.25, 0.3) is 11.5 Å². The van der Waals surface area contributed by atoms with E-state index >= 15 is 0 Å². The highest BCUT2D eigenvalue weighted by Gasteiger charge is 2.36. The Bertz CT molecular complexity index is 1820. The van der Waals surface area contributed by atoms with Crippen molar-refractivity contribution in [3.8, 4) is 0 Å². The summed E-state index contributed by atoms with van der Waals surface area (Å²) in [5.74, 6) is 0.795. The van der Waals surface area contributed by atoms with Crippen molar-refractivity contribution in [2.45, 2.75) is 19.0 Å². The molecule has 0 bridgehead atoms. The Kier molecular flexibility index (Phi) is 4.44. The van der Waals surface area contributed by atoms with Gasteiger partial charge < -0.3 is 13.3 Å². The molecule has 1 atom stereocenters. The maximum absolute atomic E-state index is 13.5. The zero-order chi connectivity index (χ0) is 24.2. The van der Waals surface area contributed by atoms with Crippen LogP contribution in [0, 0.1) is 0 Å². The standard InChI is InChI=1S/C27H18N4O5/c32-24(14-30-15-28-25-17-7-2-4-9-21(17)36-26(25)27(30)33)31-19(22-10-5-11-34-22)13-18(29-31)23-12-16-6-1-3-8-20(16)35-23/h1-12,15,19H,13-14H2. The maximum Gasteiger partial charge on any atom is 0.297 e. The van der Waals surface area contributed by atoms with Crippen LogP contribution in [0.4, 0.5) is 0 Å². The number of hydrogen-bond acceptors (Lipinski definition) is 7. The van der Waals surface area contributed by atoms with Gasteiger partial charge in [-0.05, 0) is 36.4 Å². The van der Waals surface area contributed by atoms with Crippen LogP contribution in [-0.2, 0) is 11.3 Å². The van der Waals surface area contributed by atoms with E-state index in [1.54, 1.807) is 24.5 Å². The predicted octanol–water partition coefficient (Wildman–Crippen LogP) is 4.86. The molecule has 0 radical (unpaired) electrons. The van der Waals surface area contributed by atoms with Gasteiger partial charge in [0.05, 0.1) is 12.6 Å². The molecule has 4 aromatic heterocycles. The average molecular weight is 478 g/mol. The molecule has 7 rings (SSSR count). The lowest BCUT2D eigenvalue weighted by Crippen LogP contribution is -2.33. The van der Waals surface area contributed by atoms with Crippen LogP contribution in [0.25, 0.3) is 33.0 Å². The molecular weight excluding hydrogens is 460 g/mol. The third kappa shape index (κ3) is 3.17. The Balaban J connectivity index is 1.25. The minimum Gasteiger partial charge on any atom is -0.467 e. The Hall–Kier alpha value is -4.92. The van der Waals surface area contributed by atoms with Crippen molar-refractivity contribution in [3.05, 3.63) is 101 Å². The van der Waals surface area contributed by atoms with Crippen LogP contribution in [0.1, 0.15) is 24.0 Å². The molecule has 0 N–H and O–H groups in total. The molecule has 2 aromatic carbocycles. The van der Waals surface area contributed by atoms with E-state index in [1.807, 2.05) is 48.5 Å². The minimum atomic E-state index is -0.464. The van der Waals surface area contributed by atoms with Crippen LogP contribution in [0.3, 0.4) is 0 Å². The topological polar surface area (TPSA) is 107 Å². The number of fused-ring (bicyclic) bond motifs is 4. The number of hydrogen-bond donors (Lipinski definition) is 0. The fraction of sp³-hybridized carbons (Fsp3) is 0.111. The van der Waals surface area contributed by atoms with E-state index in [-0.39, 0.29) is 18.0 Å². The fourth-order valence-electron chi connectivity index (χ4n) is 4.66. The number of para-hydroxylation sites is 2. The highest BCUT2D eigenvalue weighted by Crippen LogP contribution is 2.34. The number of nitrogens with zero attached hydrogens (tertiary/aromatic N) is 4. The molecule has 9 heteroatoms. The molecule has 0 spiro atoms. The lowest BCUT2D eigenvalue weighted by Gasteiger charge is -2.20. The molecule has 1 aliphatic rings. The number of rotatable bonds is 4. The number of carbonyl (C=O) groups is 1. The lowest BCUT2D eigenvalue weighted by molar-refractivity contribution is -0.134. The largest absolute Gasteiger partial charge is 0.467 e. The first kappa shape index (κ1) is 20.5. The van der Waals surface area contributed by atoms with E-state index in [4.69, 9.17) is 13.3 Å². The van der Waals surface area contributed by atoms with Gasteiger partial charge in [-0.15, -0.1) is 0 Å². The number of furan rings is 3. The quantitative estimate of drug-likeness (QED) is 0.358. The summed E-state index contributed by atoms with van der Waals surface area (Å²) in [5.41, 5.74) is 2.09. The maximum atomic E-state index is 13.5. The second-order valence-corrected chi connectivity index (χ2v) is 8.62. The molecule has 0 saturated heterocycles. The second-order valence-electron chi connectivity index (χ2n) is 8.62. The van der Waals surface area contributed by atoms with E-state index in [0.717, 1.165) is 16.4 Å².